The van der Waals surface area contributed by atoms with Gasteiger partial charge in [-0.2, -0.15) is 9.05 Å². The summed E-state index contributed by atoms with van der Waals surface area (Å²) >= 11 is 0. The van der Waals surface area contributed by atoms with Crippen LogP contribution in [0.2, 0.25) is 0 Å². The number of rotatable bonds is 6. The molecule has 0 bridgehead atoms. The van der Waals surface area contributed by atoms with Crippen LogP contribution >= 0.6 is 8.02 Å². The summed E-state index contributed by atoms with van der Waals surface area (Å²) < 4.78 is 12.5. The van der Waals surface area contributed by atoms with Crippen molar-refractivity contribution in [1.82, 2.24) is 10.2 Å². The molecule has 0 radical (unpaired) electrons. The molecule has 0 aromatic carbocycles. The highest BCUT2D eigenvalue weighted by molar-refractivity contribution is 7.62. The van der Waals surface area contributed by atoms with Gasteiger partial charge in [0.25, 0.3) is 0 Å². The maximum atomic E-state index is 6.37. The Kier molecular flexibility index (Phi) is 6.22. The van der Waals surface area contributed by atoms with E-state index in [1.807, 2.05) is 0 Å². The van der Waals surface area contributed by atoms with Crippen LogP contribution in [-0.4, -0.2) is 24.3 Å². The van der Waals surface area contributed by atoms with Gasteiger partial charge >= 0.3 is 8.02 Å². The number of nitrogens with one attached hydrogen (secondary N) is 2. The number of hydrogen-bond donors (Lipinski definition) is 2. The van der Waals surface area contributed by atoms with Crippen molar-refractivity contribution in [3.05, 3.63) is 0 Å². The molecule has 1 rings (SSSR count). The van der Waals surface area contributed by atoms with E-state index in [9.17, 15) is 0 Å². The molecule has 0 saturated carbocycles. The first-order valence-corrected chi connectivity index (χ1v) is 9.10. The molecule has 1 fully saturated rings. The van der Waals surface area contributed by atoms with Gasteiger partial charge in [-0.1, -0.05) is 27.7 Å². The zero-order valence-corrected chi connectivity index (χ0v) is 14.6. The van der Waals surface area contributed by atoms with Gasteiger partial charge in [0, 0.05) is 6.04 Å². The van der Waals surface area contributed by atoms with Gasteiger partial charge in [-0.15, -0.1) is 10.2 Å². The van der Waals surface area contributed by atoms with Gasteiger partial charge in [-0.3, -0.25) is 0 Å². The van der Waals surface area contributed by atoms with Gasteiger partial charge < -0.3 is 0 Å². The Balaban J connectivity index is 2.93. The van der Waals surface area contributed by atoms with Crippen molar-refractivity contribution in [2.45, 2.75) is 79.7 Å². The van der Waals surface area contributed by atoms with Crippen molar-refractivity contribution in [3.63, 3.8) is 0 Å². The highest BCUT2D eigenvalue weighted by Gasteiger charge is 2.59. The summed E-state index contributed by atoms with van der Waals surface area (Å²) in [7, 11) is -2.18. The highest BCUT2D eigenvalue weighted by atomic mass is 31.2. The standard InChI is InChI=1S/C14H32N2O2P/c1-9(2)13-14(10(3)4)18-19(16-13,15-11(5)6)17-12(7)8/h9-16H,1-8H3/q+1. The first kappa shape index (κ1) is 17.3. The fourth-order valence-electron chi connectivity index (χ4n) is 2.39. The monoisotopic (exact) mass is 291 g/mol. The van der Waals surface area contributed by atoms with Gasteiger partial charge in [0.15, 0.2) is 0 Å². The lowest BCUT2D eigenvalue weighted by molar-refractivity contribution is 0.112. The van der Waals surface area contributed by atoms with Crippen LogP contribution in [0.15, 0.2) is 0 Å². The third kappa shape index (κ3) is 4.64. The van der Waals surface area contributed by atoms with Gasteiger partial charge in [0.2, 0.25) is 0 Å². The van der Waals surface area contributed by atoms with E-state index in [4.69, 9.17) is 9.05 Å². The third-order valence-electron chi connectivity index (χ3n) is 3.11. The van der Waals surface area contributed by atoms with Crippen LogP contribution in [0.3, 0.4) is 0 Å². The fourth-order valence-corrected chi connectivity index (χ4v) is 5.59. The molecule has 1 saturated heterocycles. The minimum absolute atomic E-state index is 0.144. The number of hydrogen-bond acceptors (Lipinski definition) is 4. The van der Waals surface area contributed by atoms with Crippen LogP contribution in [0, 0.1) is 11.8 Å². The zero-order valence-electron chi connectivity index (χ0n) is 13.7. The second-order valence-electron chi connectivity index (χ2n) is 6.70. The zero-order chi connectivity index (χ0) is 14.8. The molecule has 2 N–H and O–H groups in total. The van der Waals surface area contributed by atoms with E-state index in [-0.39, 0.29) is 12.2 Å². The van der Waals surface area contributed by atoms with Crippen molar-refractivity contribution in [1.29, 1.82) is 0 Å². The quantitative estimate of drug-likeness (QED) is 0.731. The Morgan fingerprint density at radius 1 is 1.00 bits per heavy atom. The molecule has 4 nitrogen and oxygen atoms in total. The van der Waals surface area contributed by atoms with Crippen molar-refractivity contribution in [3.8, 4) is 0 Å². The van der Waals surface area contributed by atoms with Gasteiger partial charge in [0.05, 0.1) is 6.04 Å². The summed E-state index contributed by atoms with van der Waals surface area (Å²) in [5.41, 5.74) is 0. The van der Waals surface area contributed by atoms with Crippen molar-refractivity contribution >= 4 is 8.02 Å². The molecule has 0 spiro atoms. The predicted molar refractivity (Wildman–Crippen MR) is 82.9 cm³/mol. The SMILES string of the molecule is CC(C)N[P+]1(OC(C)C)NC(C(C)C)C(C(C)C)O1. The summed E-state index contributed by atoms with van der Waals surface area (Å²) in [5, 5.41) is 7.17. The van der Waals surface area contributed by atoms with Crippen LogP contribution in [0.1, 0.15) is 55.4 Å². The molecule has 0 aromatic heterocycles. The van der Waals surface area contributed by atoms with Crippen molar-refractivity contribution in [2.24, 2.45) is 11.8 Å². The predicted octanol–water partition coefficient (Wildman–Crippen LogP) is 3.76. The van der Waals surface area contributed by atoms with Crippen LogP contribution in [0.5, 0.6) is 0 Å². The normalized spacial score (nSPS) is 32.2. The lowest BCUT2D eigenvalue weighted by Crippen LogP contribution is -2.40. The van der Waals surface area contributed by atoms with E-state index in [1.165, 1.54) is 0 Å². The first-order chi connectivity index (χ1) is 8.67. The molecule has 1 aliphatic rings. The van der Waals surface area contributed by atoms with E-state index in [2.05, 4.69) is 65.6 Å². The summed E-state index contributed by atoms with van der Waals surface area (Å²) in [6.07, 6.45) is 0.351. The van der Waals surface area contributed by atoms with Gasteiger partial charge in [-0.25, -0.2) is 0 Å². The van der Waals surface area contributed by atoms with Crippen molar-refractivity contribution in [2.75, 3.05) is 0 Å². The highest BCUT2D eigenvalue weighted by Crippen LogP contribution is 2.61. The molecule has 3 atom stereocenters. The second-order valence-corrected chi connectivity index (χ2v) is 8.74. The maximum absolute atomic E-state index is 6.37. The lowest BCUT2D eigenvalue weighted by atomic mass is 9.92. The first-order valence-electron chi connectivity index (χ1n) is 7.48. The summed E-state index contributed by atoms with van der Waals surface area (Å²) in [6, 6.07) is 0.677. The van der Waals surface area contributed by atoms with E-state index < -0.39 is 8.02 Å². The Hall–Kier alpha value is 0.270. The maximum Gasteiger partial charge on any atom is 0.432 e. The minimum Gasteiger partial charge on any atom is -0.170 e. The summed E-state index contributed by atoms with van der Waals surface area (Å²) in [6.45, 7) is 17.3. The average Bonchev–Trinajstić information content (AvgIpc) is 2.55. The van der Waals surface area contributed by atoms with Crippen LogP contribution in [0.25, 0.3) is 0 Å². The van der Waals surface area contributed by atoms with Crippen LogP contribution < -0.4 is 10.2 Å². The van der Waals surface area contributed by atoms with Gasteiger partial charge in [-0.05, 0) is 39.5 Å². The molecule has 0 aliphatic carbocycles. The van der Waals surface area contributed by atoms with Gasteiger partial charge in [0.1, 0.15) is 12.2 Å². The third-order valence-corrected chi connectivity index (χ3v) is 5.86. The molecular formula is C14H32N2O2P+. The largest absolute Gasteiger partial charge is 0.432 e. The van der Waals surface area contributed by atoms with E-state index in [0.29, 0.717) is 23.9 Å². The minimum atomic E-state index is -2.18. The summed E-state index contributed by atoms with van der Waals surface area (Å²) in [5.74, 6) is 1.01. The molecule has 5 heteroatoms. The molecular weight excluding hydrogens is 259 g/mol. The molecule has 1 aliphatic heterocycles. The van der Waals surface area contributed by atoms with Crippen LogP contribution in [0.4, 0.5) is 0 Å². The molecule has 114 valence electrons. The topological polar surface area (TPSA) is 42.5 Å². The molecule has 0 aromatic rings. The Labute approximate surface area is 119 Å². The average molecular weight is 291 g/mol. The fraction of sp³-hybridized carbons (Fsp3) is 1.00. The van der Waals surface area contributed by atoms with Crippen molar-refractivity contribution < 1.29 is 9.05 Å². The Morgan fingerprint density at radius 2 is 1.58 bits per heavy atom. The molecule has 19 heavy (non-hydrogen) atoms. The smallest absolute Gasteiger partial charge is 0.170 e. The second kappa shape index (κ2) is 6.82. The summed E-state index contributed by atoms with van der Waals surface area (Å²) in [4.78, 5) is 0. The molecule has 3 unspecified atom stereocenters. The molecule has 0 amide bonds. The lowest BCUT2D eigenvalue weighted by Gasteiger charge is -2.22. The van der Waals surface area contributed by atoms with E-state index in [0.717, 1.165) is 0 Å². The van der Waals surface area contributed by atoms with E-state index >= 15 is 0 Å². The Morgan fingerprint density at radius 3 is 1.89 bits per heavy atom. The molecule has 1 heterocycles. The van der Waals surface area contributed by atoms with E-state index in [1.54, 1.807) is 0 Å². The van der Waals surface area contributed by atoms with Crippen LogP contribution in [-0.2, 0) is 9.05 Å². The Bertz CT molecular complexity index is 255.